The van der Waals surface area contributed by atoms with E-state index in [0.717, 1.165) is 13.0 Å². The standard InChI is InChI=1S/C14H27NO2/c1-11(12(16)17)9-8-10-15(13(2,3)4)14(5,6)7/h1,8-10H2,2-7H3,(H,16,17). The number of carbonyl (C=O) groups is 1. The van der Waals surface area contributed by atoms with Crippen LogP contribution in [0.2, 0.25) is 0 Å². The van der Waals surface area contributed by atoms with Crippen molar-refractivity contribution in [2.45, 2.75) is 65.5 Å². The second kappa shape index (κ2) is 5.67. The molecular weight excluding hydrogens is 214 g/mol. The number of carboxylic acids is 1. The van der Waals surface area contributed by atoms with Gasteiger partial charge in [0.15, 0.2) is 0 Å². The Morgan fingerprint density at radius 2 is 1.53 bits per heavy atom. The Bertz CT molecular complexity index is 268. The predicted molar refractivity (Wildman–Crippen MR) is 72.2 cm³/mol. The summed E-state index contributed by atoms with van der Waals surface area (Å²) in [5.74, 6) is -0.886. The molecule has 0 spiro atoms. The summed E-state index contributed by atoms with van der Waals surface area (Å²) in [6.07, 6.45) is 1.39. The lowest BCUT2D eigenvalue weighted by Gasteiger charge is -2.45. The summed E-state index contributed by atoms with van der Waals surface area (Å²) < 4.78 is 0. The van der Waals surface area contributed by atoms with Crippen LogP contribution in [0.15, 0.2) is 12.2 Å². The van der Waals surface area contributed by atoms with Gasteiger partial charge in [-0.05, 0) is 60.9 Å². The third kappa shape index (κ3) is 5.87. The third-order valence-corrected chi connectivity index (χ3v) is 2.78. The summed E-state index contributed by atoms with van der Waals surface area (Å²) in [7, 11) is 0. The van der Waals surface area contributed by atoms with E-state index in [9.17, 15) is 4.79 Å². The first-order valence-corrected chi connectivity index (χ1v) is 6.15. The molecule has 0 unspecified atom stereocenters. The van der Waals surface area contributed by atoms with Crippen LogP contribution in [0.1, 0.15) is 54.4 Å². The monoisotopic (exact) mass is 241 g/mol. The molecule has 0 aliphatic carbocycles. The van der Waals surface area contributed by atoms with E-state index in [-0.39, 0.29) is 11.1 Å². The van der Waals surface area contributed by atoms with Crippen LogP contribution in [0, 0.1) is 0 Å². The largest absolute Gasteiger partial charge is 0.478 e. The summed E-state index contributed by atoms with van der Waals surface area (Å²) in [6, 6.07) is 0. The molecular formula is C14H27NO2. The predicted octanol–water partition coefficient (Wildman–Crippen LogP) is 3.31. The van der Waals surface area contributed by atoms with E-state index < -0.39 is 5.97 Å². The van der Waals surface area contributed by atoms with Gasteiger partial charge in [0.25, 0.3) is 0 Å². The molecule has 0 aliphatic heterocycles. The Morgan fingerprint density at radius 1 is 1.12 bits per heavy atom. The summed E-state index contributed by atoms with van der Waals surface area (Å²) in [6.45, 7) is 17.6. The molecule has 0 radical (unpaired) electrons. The Kier molecular flexibility index (Phi) is 5.40. The lowest BCUT2D eigenvalue weighted by molar-refractivity contribution is -0.132. The first-order chi connectivity index (χ1) is 7.46. The van der Waals surface area contributed by atoms with Crippen LogP contribution in [0.5, 0.6) is 0 Å². The van der Waals surface area contributed by atoms with Crippen molar-refractivity contribution in [3.05, 3.63) is 12.2 Å². The van der Waals surface area contributed by atoms with E-state index in [2.05, 4.69) is 53.0 Å². The van der Waals surface area contributed by atoms with Crippen molar-refractivity contribution in [2.75, 3.05) is 6.54 Å². The van der Waals surface area contributed by atoms with Gasteiger partial charge in [-0.25, -0.2) is 4.79 Å². The van der Waals surface area contributed by atoms with Gasteiger partial charge in [-0.15, -0.1) is 0 Å². The Balaban J connectivity index is 4.40. The fraction of sp³-hybridized carbons (Fsp3) is 0.786. The molecule has 0 heterocycles. The van der Waals surface area contributed by atoms with Crippen molar-refractivity contribution in [1.82, 2.24) is 4.90 Å². The molecule has 0 aromatic carbocycles. The first-order valence-electron chi connectivity index (χ1n) is 6.15. The molecule has 0 fully saturated rings. The summed E-state index contributed by atoms with van der Waals surface area (Å²) in [4.78, 5) is 13.1. The molecule has 0 rings (SSSR count). The molecule has 0 aliphatic rings. The molecule has 1 N–H and O–H groups in total. The van der Waals surface area contributed by atoms with Crippen LogP contribution in [-0.2, 0) is 4.79 Å². The lowest BCUT2D eigenvalue weighted by atomic mass is 9.95. The van der Waals surface area contributed by atoms with Crippen LogP contribution in [0.4, 0.5) is 0 Å². The topological polar surface area (TPSA) is 40.5 Å². The van der Waals surface area contributed by atoms with Gasteiger partial charge in [0.05, 0.1) is 0 Å². The number of nitrogens with zero attached hydrogens (tertiary/aromatic N) is 1. The van der Waals surface area contributed by atoms with E-state index in [0.29, 0.717) is 12.0 Å². The van der Waals surface area contributed by atoms with Crippen molar-refractivity contribution < 1.29 is 9.90 Å². The SMILES string of the molecule is C=C(CCCN(C(C)(C)C)C(C)(C)C)C(=O)O. The van der Waals surface area contributed by atoms with Crippen molar-refractivity contribution in [3.63, 3.8) is 0 Å². The van der Waals surface area contributed by atoms with E-state index >= 15 is 0 Å². The Hall–Kier alpha value is -0.830. The number of hydrogen-bond acceptors (Lipinski definition) is 2. The highest BCUT2D eigenvalue weighted by Gasteiger charge is 2.30. The molecule has 100 valence electrons. The maximum atomic E-state index is 10.7. The summed E-state index contributed by atoms with van der Waals surface area (Å²) >= 11 is 0. The second-order valence-corrected chi connectivity index (χ2v) is 6.51. The number of carboxylic acid groups (broad SMARTS) is 1. The lowest BCUT2D eigenvalue weighted by Crippen LogP contribution is -2.52. The van der Waals surface area contributed by atoms with Crippen molar-refractivity contribution in [1.29, 1.82) is 0 Å². The van der Waals surface area contributed by atoms with Gasteiger partial charge < -0.3 is 5.11 Å². The molecule has 3 nitrogen and oxygen atoms in total. The van der Waals surface area contributed by atoms with Gasteiger partial charge in [0, 0.05) is 16.7 Å². The minimum atomic E-state index is -0.886. The molecule has 0 saturated carbocycles. The van der Waals surface area contributed by atoms with Gasteiger partial charge in [-0.2, -0.15) is 0 Å². The minimum Gasteiger partial charge on any atom is -0.478 e. The van der Waals surface area contributed by atoms with Crippen molar-refractivity contribution in [3.8, 4) is 0 Å². The fourth-order valence-corrected chi connectivity index (χ4v) is 2.23. The smallest absolute Gasteiger partial charge is 0.330 e. The molecule has 3 heteroatoms. The fourth-order valence-electron chi connectivity index (χ4n) is 2.23. The second-order valence-electron chi connectivity index (χ2n) is 6.51. The van der Waals surface area contributed by atoms with Crippen LogP contribution >= 0.6 is 0 Å². The first kappa shape index (κ1) is 16.2. The normalized spacial score (nSPS) is 12.9. The molecule has 0 atom stereocenters. The van der Waals surface area contributed by atoms with Gasteiger partial charge in [-0.1, -0.05) is 6.58 Å². The molecule has 0 aromatic heterocycles. The number of hydrogen-bond donors (Lipinski definition) is 1. The average molecular weight is 241 g/mol. The van der Waals surface area contributed by atoms with E-state index in [4.69, 9.17) is 5.11 Å². The highest BCUT2D eigenvalue weighted by molar-refractivity contribution is 5.85. The van der Waals surface area contributed by atoms with E-state index in [1.807, 2.05) is 0 Å². The highest BCUT2D eigenvalue weighted by atomic mass is 16.4. The molecule has 0 saturated heterocycles. The third-order valence-electron chi connectivity index (χ3n) is 2.78. The Labute approximate surface area is 106 Å². The number of aliphatic carboxylic acids is 1. The van der Waals surface area contributed by atoms with Crippen LogP contribution in [0.25, 0.3) is 0 Å². The van der Waals surface area contributed by atoms with Crippen molar-refractivity contribution >= 4 is 5.97 Å². The van der Waals surface area contributed by atoms with Crippen LogP contribution in [0.3, 0.4) is 0 Å². The Morgan fingerprint density at radius 3 is 1.82 bits per heavy atom. The minimum absolute atomic E-state index is 0.0861. The zero-order valence-corrected chi connectivity index (χ0v) is 12.1. The van der Waals surface area contributed by atoms with Crippen molar-refractivity contribution in [2.24, 2.45) is 0 Å². The van der Waals surface area contributed by atoms with Gasteiger partial charge in [-0.3, -0.25) is 4.90 Å². The average Bonchev–Trinajstić information content (AvgIpc) is 2.07. The van der Waals surface area contributed by atoms with Gasteiger partial charge in [0.2, 0.25) is 0 Å². The molecule has 0 amide bonds. The summed E-state index contributed by atoms with van der Waals surface area (Å²) in [5, 5.41) is 8.75. The maximum absolute atomic E-state index is 10.7. The highest BCUT2D eigenvalue weighted by Crippen LogP contribution is 2.25. The molecule has 0 bridgehead atoms. The zero-order valence-electron chi connectivity index (χ0n) is 12.1. The van der Waals surface area contributed by atoms with Gasteiger partial charge >= 0.3 is 5.97 Å². The quantitative estimate of drug-likeness (QED) is 0.751. The number of rotatable bonds is 5. The molecule has 17 heavy (non-hydrogen) atoms. The van der Waals surface area contributed by atoms with Crippen LogP contribution in [-0.4, -0.2) is 33.6 Å². The van der Waals surface area contributed by atoms with Gasteiger partial charge in [0.1, 0.15) is 0 Å². The zero-order chi connectivity index (χ0) is 13.9. The molecule has 0 aromatic rings. The van der Waals surface area contributed by atoms with E-state index in [1.54, 1.807) is 0 Å². The summed E-state index contributed by atoms with van der Waals surface area (Å²) in [5.41, 5.74) is 0.471. The maximum Gasteiger partial charge on any atom is 0.330 e. The van der Waals surface area contributed by atoms with E-state index in [1.165, 1.54) is 0 Å². The van der Waals surface area contributed by atoms with Crippen LogP contribution < -0.4 is 0 Å².